The molecule has 0 saturated heterocycles. The van der Waals surface area contributed by atoms with E-state index in [9.17, 15) is 18.0 Å². The Hall–Kier alpha value is -2.06. The summed E-state index contributed by atoms with van der Waals surface area (Å²) in [5, 5.41) is 15.2. The molecule has 9 heteroatoms. The predicted octanol–water partition coefficient (Wildman–Crippen LogP) is 2.73. The average molecular weight is 348 g/mol. The van der Waals surface area contributed by atoms with Crippen LogP contribution in [0.15, 0.2) is 30.5 Å². The number of benzene rings is 1. The van der Waals surface area contributed by atoms with Crippen LogP contribution in [0.5, 0.6) is 0 Å². The zero-order valence-electron chi connectivity index (χ0n) is 11.8. The van der Waals surface area contributed by atoms with Crippen molar-refractivity contribution >= 4 is 23.2 Å². The fourth-order valence-electron chi connectivity index (χ4n) is 1.97. The summed E-state index contributed by atoms with van der Waals surface area (Å²) >= 11 is 5.72. The second-order valence-electron chi connectivity index (χ2n) is 4.73. The van der Waals surface area contributed by atoms with Gasteiger partial charge in [-0.05, 0) is 30.7 Å². The highest BCUT2D eigenvalue weighted by atomic mass is 35.5. The van der Waals surface area contributed by atoms with Crippen LogP contribution < -0.4 is 5.32 Å². The number of anilines is 1. The average Bonchev–Trinajstić information content (AvgIpc) is 2.84. The molecule has 1 aromatic heterocycles. The Balaban J connectivity index is 2.10. The van der Waals surface area contributed by atoms with Crippen LogP contribution in [0.25, 0.3) is 0 Å². The summed E-state index contributed by atoms with van der Waals surface area (Å²) in [6, 6.07) is 6.29. The number of carbonyl (C=O) groups excluding carboxylic acids is 1. The lowest BCUT2D eigenvalue weighted by Gasteiger charge is -2.06. The minimum absolute atomic E-state index is 0.153. The molecule has 0 fully saturated rings. The molecule has 5 nitrogen and oxygen atoms in total. The number of carbonyl (C=O) groups is 1. The van der Waals surface area contributed by atoms with Crippen molar-refractivity contribution in [1.29, 1.82) is 0 Å². The van der Waals surface area contributed by atoms with Gasteiger partial charge >= 0.3 is 6.18 Å². The smallest absolute Gasteiger partial charge is 0.396 e. The van der Waals surface area contributed by atoms with Gasteiger partial charge in [0, 0.05) is 29.1 Å². The lowest BCUT2D eigenvalue weighted by Crippen LogP contribution is -2.19. The van der Waals surface area contributed by atoms with Gasteiger partial charge in [-0.3, -0.25) is 9.48 Å². The van der Waals surface area contributed by atoms with E-state index in [1.165, 1.54) is 0 Å². The summed E-state index contributed by atoms with van der Waals surface area (Å²) in [7, 11) is 0. The van der Waals surface area contributed by atoms with Crippen molar-refractivity contribution in [2.75, 3.05) is 11.9 Å². The molecule has 2 aromatic rings. The molecule has 0 aliphatic heterocycles. The van der Waals surface area contributed by atoms with Crippen molar-refractivity contribution in [2.24, 2.45) is 0 Å². The maximum atomic E-state index is 12.8. The second-order valence-corrected chi connectivity index (χ2v) is 5.16. The van der Waals surface area contributed by atoms with E-state index in [2.05, 4.69) is 10.4 Å². The largest absolute Gasteiger partial charge is 0.435 e. The number of amides is 1. The first-order chi connectivity index (χ1) is 10.8. The van der Waals surface area contributed by atoms with E-state index in [4.69, 9.17) is 16.7 Å². The molecule has 0 radical (unpaired) electrons. The van der Waals surface area contributed by atoms with Crippen LogP contribution in [0.4, 0.5) is 18.9 Å². The van der Waals surface area contributed by atoms with Crippen molar-refractivity contribution in [3.8, 4) is 0 Å². The monoisotopic (exact) mass is 347 g/mol. The third-order valence-electron chi connectivity index (χ3n) is 2.92. The Bertz CT molecular complexity index is 684. The van der Waals surface area contributed by atoms with Crippen molar-refractivity contribution < 1.29 is 23.1 Å². The molecule has 124 valence electrons. The number of aliphatic hydroxyl groups excluding tert-OH is 1. The van der Waals surface area contributed by atoms with Gasteiger partial charge in [0.1, 0.15) is 6.54 Å². The molecule has 0 aliphatic carbocycles. The maximum Gasteiger partial charge on any atom is 0.435 e. The normalized spacial score (nSPS) is 11.5. The Morgan fingerprint density at radius 3 is 2.52 bits per heavy atom. The Labute approximate surface area is 134 Å². The number of nitrogens with zero attached hydrogens (tertiary/aromatic N) is 2. The minimum atomic E-state index is -4.64. The van der Waals surface area contributed by atoms with Crippen molar-refractivity contribution in [3.63, 3.8) is 0 Å². The van der Waals surface area contributed by atoms with Crippen LogP contribution in [0, 0.1) is 0 Å². The van der Waals surface area contributed by atoms with Crippen molar-refractivity contribution in [1.82, 2.24) is 9.78 Å². The van der Waals surface area contributed by atoms with Gasteiger partial charge in [0.05, 0.1) is 0 Å². The minimum Gasteiger partial charge on any atom is -0.396 e. The van der Waals surface area contributed by atoms with Gasteiger partial charge in [0.15, 0.2) is 5.69 Å². The van der Waals surface area contributed by atoms with E-state index < -0.39 is 24.4 Å². The molecule has 0 spiro atoms. The van der Waals surface area contributed by atoms with E-state index >= 15 is 0 Å². The van der Waals surface area contributed by atoms with E-state index in [0.717, 1.165) is 10.9 Å². The highest BCUT2D eigenvalue weighted by Crippen LogP contribution is 2.30. The molecular formula is C14H13ClF3N3O2. The molecule has 0 saturated carbocycles. The number of nitrogens with one attached hydrogen (secondary N) is 1. The second kappa shape index (κ2) is 7.01. The molecule has 0 aliphatic rings. The molecule has 0 bridgehead atoms. The van der Waals surface area contributed by atoms with Crippen LogP contribution in [-0.2, 0) is 23.9 Å². The zero-order chi connectivity index (χ0) is 17.0. The molecule has 23 heavy (non-hydrogen) atoms. The summed E-state index contributed by atoms with van der Waals surface area (Å²) in [4.78, 5) is 11.9. The predicted molar refractivity (Wildman–Crippen MR) is 78.1 cm³/mol. The number of alkyl halides is 3. The van der Waals surface area contributed by atoms with Gasteiger partial charge in [-0.15, -0.1) is 0 Å². The number of hydrogen-bond donors (Lipinski definition) is 2. The van der Waals surface area contributed by atoms with E-state index in [0.29, 0.717) is 10.7 Å². The summed E-state index contributed by atoms with van der Waals surface area (Å²) < 4.78 is 39.4. The Morgan fingerprint density at radius 2 is 1.96 bits per heavy atom. The lowest BCUT2D eigenvalue weighted by molar-refractivity contribution is -0.142. The van der Waals surface area contributed by atoms with Crippen LogP contribution >= 0.6 is 11.6 Å². The number of aromatic nitrogens is 2. The van der Waals surface area contributed by atoms with E-state index in [1.54, 1.807) is 24.3 Å². The zero-order valence-corrected chi connectivity index (χ0v) is 12.5. The molecule has 0 unspecified atom stereocenters. The number of hydrogen-bond acceptors (Lipinski definition) is 3. The summed E-state index contributed by atoms with van der Waals surface area (Å²) in [6.07, 6.45) is -3.71. The SMILES string of the molecule is O=C(Cn1cc(CCO)c(C(F)(F)F)n1)Nc1ccc(Cl)cc1. The first-order valence-corrected chi connectivity index (χ1v) is 6.97. The molecule has 2 rings (SSSR count). The number of rotatable bonds is 5. The van der Waals surface area contributed by atoms with Gasteiger partial charge in [0.2, 0.25) is 5.91 Å². The lowest BCUT2D eigenvalue weighted by atomic mass is 10.2. The number of aliphatic hydroxyl groups is 1. The fraction of sp³-hybridized carbons (Fsp3) is 0.286. The third kappa shape index (κ3) is 4.70. The van der Waals surface area contributed by atoms with Gasteiger partial charge in [0.25, 0.3) is 0 Å². The summed E-state index contributed by atoms with van der Waals surface area (Å²) in [6.45, 7) is -0.817. The third-order valence-corrected chi connectivity index (χ3v) is 3.17. The van der Waals surface area contributed by atoms with E-state index in [1.807, 2.05) is 0 Å². The van der Waals surface area contributed by atoms with Gasteiger partial charge in [-0.25, -0.2) is 0 Å². The van der Waals surface area contributed by atoms with Gasteiger partial charge in [-0.1, -0.05) is 11.6 Å². The summed E-state index contributed by atoms with van der Waals surface area (Å²) in [5.41, 5.74) is -0.775. The molecule has 1 amide bonds. The highest BCUT2D eigenvalue weighted by Gasteiger charge is 2.37. The van der Waals surface area contributed by atoms with Crippen molar-refractivity contribution in [3.05, 3.63) is 46.7 Å². The molecular weight excluding hydrogens is 335 g/mol. The molecule has 0 atom stereocenters. The van der Waals surface area contributed by atoms with Crippen LogP contribution in [0.1, 0.15) is 11.3 Å². The van der Waals surface area contributed by atoms with E-state index in [-0.39, 0.29) is 18.5 Å². The summed E-state index contributed by atoms with van der Waals surface area (Å²) in [5.74, 6) is -0.529. The van der Waals surface area contributed by atoms with Crippen LogP contribution in [-0.4, -0.2) is 27.4 Å². The Kier molecular flexibility index (Phi) is 5.27. The Morgan fingerprint density at radius 1 is 1.30 bits per heavy atom. The fourth-order valence-corrected chi connectivity index (χ4v) is 2.09. The molecule has 1 aromatic carbocycles. The molecule has 2 N–H and O–H groups in total. The highest BCUT2D eigenvalue weighted by molar-refractivity contribution is 6.30. The molecule has 1 heterocycles. The van der Waals surface area contributed by atoms with Crippen LogP contribution in [0.2, 0.25) is 5.02 Å². The number of halogens is 4. The first kappa shape index (κ1) is 17.3. The standard InChI is InChI=1S/C14H13ClF3N3O2/c15-10-1-3-11(4-2-10)19-12(23)8-21-7-9(5-6-22)13(20-21)14(16,17)18/h1-4,7,22H,5-6,8H2,(H,19,23). The quantitative estimate of drug-likeness (QED) is 0.874. The van der Waals surface area contributed by atoms with Crippen LogP contribution in [0.3, 0.4) is 0 Å². The van der Waals surface area contributed by atoms with Crippen molar-refractivity contribution in [2.45, 2.75) is 19.1 Å². The topological polar surface area (TPSA) is 67.2 Å². The maximum absolute atomic E-state index is 12.8. The van der Waals surface area contributed by atoms with Gasteiger partial charge in [-0.2, -0.15) is 18.3 Å². The van der Waals surface area contributed by atoms with Gasteiger partial charge < -0.3 is 10.4 Å². The first-order valence-electron chi connectivity index (χ1n) is 6.59.